The van der Waals surface area contributed by atoms with Gasteiger partial charge in [0.25, 0.3) is 0 Å². The Morgan fingerprint density at radius 2 is 1.30 bits per heavy atom. The molecule has 0 N–H and O–H groups in total. The third kappa shape index (κ3) is 5.73. The van der Waals surface area contributed by atoms with Gasteiger partial charge in [0.1, 0.15) is 0 Å². The maximum Gasteiger partial charge on any atom is 0.243 e. The molecule has 0 aliphatic carbocycles. The van der Waals surface area contributed by atoms with Crippen LogP contribution in [0, 0.1) is 5.92 Å². The van der Waals surface area contributed by atoms with Gasteiger partial charge < -0.3 is 4.43 Å². The first-order valence-corrected chi connectivity index (χ1v) is 10.9. The number of halogens is 3. The first kappa shape index (κ1) is 19.7. The second kappa shape index (κ2) is 9.79. The molecule has 0 heterocycles. The van der Waals surface area contributed by atoms with Gasteiger partial charge in [0.05, 0.1) is 0 Å². The number of hydrogen-bond acceptors (Lipinski definition) is 1. The molecule has 1 unspecified atom stereocenters. The first-order chi connectivity index (χ1) is 13.1. The molecule has 0 amide bonds. The summed E-state index contributed by atoms with van der Waals surface area (Å²) in [6.07, 6.45) is -2.18. The van der Waals surface area contributed by atoms with Gasteiger partial charge in [-0.05, 0) is 34.5 Å². The van der Waals surface area contributed by atoms with Crippen molar-refractivity contribution in [2.24, 2.45) is 5.92 Å². The minimum absolute atomic E-state index is 0.0287. The third-order valence-electron chi connectivity index (χ3n) is 4.45. The summed E-state index contributed by atoms with van der Waals surface area (Å²) in [6.45, 7) is 0.0287. The van der Waals surface area contributed by atoms with Crippen LogP contribution in [-0.2, 0) is 10.8 Å². The summed E-state index contributed by atoms with van der Waals surface area (Å²) in [5.41, 5.74) is 0.839. The molecule has 0 saturated carbocycles. The fourth-order valence-electron chi connectivity index (χ4n) is 3.00. The molecule has 3 rings (SSSR count). The van der Waals surface area contributed by atoms with Crippen molar-refractivity contribution in [1.82, 2.24) is 0 Å². The molecule has 0 aliphatic rings. The number of rotatable bonds is 8. The van der Waals surface area contributed by atoms with Crippen molar-refractivity contribution in [2.75, 3.05) is 6.61 Å². The Labute approximate surface area is 165 Å². The Kier molecular flexibility index (Phi) is 7.16. The Morgan fingerprint density at radius 1 is 0.778 bits per heavy atom. The highest BCUT2D eigenvalue weighted by molar-refractivity contribution is 6.80. The van der Waals surface area contributed by atoms with E-state index in [1.807, 2.05) is 60.7 Å². The van der Waals surface area contributed by atoms with Gasteiger partial charge in [-0.15, -0.1) is 0 Å². The molecule has 3 aromatic carbocycles. The van der Waals surface area contributed by atoms with Crippen LogP contribution >= 0.6 is 11.6 Å². The number of hydrogen-bond donors (Lipinski definition) is 0. The summed E-state index contributed by atoms with van der Waals surface area (Å²) in [6, 6.07) is 26.8. The van der Waals surface area contributed by atoms with Crippen LogP contribution in [-0.4, -0.2) is 22.1 Å². The minimum Gasteiger partial charge on any atom is -0.410 e. The van der Waals surface area contributed by atoms with Crippen LogP contribution in [0.4, 0.5) is 8.78 Å². The molecule has 5 heteroatoms. The molecular weight excluding hydrogens is 382 g/mol. The monoisotopic (exact) mass is 402 g/mol. The fraction of sp³-hybridized carbons (Fsp3) is 0.182. The molecule has 0 aromatic heterocycles. The van der Waals surface area contributed by atoms with Gasteiger partial charge in [0.2, 0.25) is 15.5 Å². The van der Waals surface area contributed by atoms with E-state index in [9.17, 15) is 8.78 Å². The van der Waals surface area contributed by atoms with E-state index in [0.29, 0.717) is 5.02 Å². The van der Waals surface area contributed by atoms with Crippen LogP contribution in [0.1, 0.15) is 5.56 Å². The molecule has 0 aliphatic heterocycles. The van der Waals surface area contributed by atoms with Crippen LogP contribution in [0.3, 0.4) is 0 Å². The zero-order valence-electron chi connectivity index (χ0n) is 14.8. The third-order valence-corrected chi connectivity index (χ3v) is 7.21. The maximum atomic E-state index is 13.6. The quantitative estimate of drug-likeness (QED) is 0.510. The largest absolute Gasteiger partial charge is 0.410 e. The number of alkyl halides is 2. The maximum absolute atomic E-state index is 13.6. The molecule has 0 fully saturated rings. The van der Waals surface area contributed by atoms with Crippen LogP contribution in [0.25, 0.3) is 0 Å². The van der Waals surface area contributed by atoms with Crippen molar-refractivity contribution >= 4 is 31.0 Å². The zero-order chi connectivity index (χ0) is 19.1. The lowest BCUT2D eigenvalue weighted by atomic mass is 10.0. The van der Waals surface area contributed by atoms with Crippen LogP contribution < -0.4 is 10.4 Å². The van der Waals surface area contributed by atoms with E-state index >= 15 is 0 Å². The zero-order valence-corrected chi connectivity index (χ0v) is 16.7. The van der Waals surface area contributed by atoms with Gasteiger partial charge in [-0.3, -0.25) is 0 Å². The second-order valence-electron chi connectivity index (χ2n) is 6.46. The highest BCUT2D eigenvalue weighted by Crippen LogP contribution is 2.19. The lowest BCUT2D eigenvalue weighted by molar-refractivity contribution is 0.0487. The normalized spacial score (nSPS) is 12.5. The Hall–Kier alpha value is -2.01. The Balaban J connectivity index is 1.75. The average molecular weight is 403 g/mol. The summed E-state index contributed by atoms with van der Waals surface area (Å²) >= 11 is 5.88. The molecule has 1 nitrogen and oxygen atoms in total. The van der Waals surface area contributed by atoms with E-state index in [1.165, 1.54) is 0 Å². The standard InChI is InChI=1S/C22H21ClF2OSi/c23-19-13-11-17(12-14-19)15-18(22(24)25)16-26-27(20-7-3-1-4-8-20)21-9-5-2-6-10-21/h1-14,18,22,27H,15-16H2. The Bertz CT molecular complexity index is 773. The molecule has 3 aromatic rings. The van der Waals surface area contributed by atoms with Crippen molar-refractivity contribution in [3.05, 3.63) is 95.5 Å². The van der Waals surface area contributed by atoms with E-state index < -0.39 is 21.4 Å². The Morgan fingerprint density at radius 3 is 1.78 bits per heavy atom. The summed E-state index contributed by atoms with van der Waals surface area (Å²) in [5, 5.41) is 2.77. The van der Waals surface area contributed by atoms with Gasteiger partial charge in [-0.25, -0.2) is 8.78 Å². The SMILES string of the molecule is FC(F)C(CO[SiH](c1ccccc1)c1ccccc1)Cc1ccc(Cl)cc1. The second-order valence-corrected chi connectivity index (χ2v) is 9.32. The molecule has 27 heavy (non-hydrogen) atoms. The van der Waals surface area contributed by atoms with Crippen molar-refractivity contribution in [2.45, 2.75) is 12.8 Å². The first-order valence-electron chi connectivity index (χ1n) is 8.87. The topological polar surface area (TPSA) is 9.23 Å². The highest BCUT2D eigenvalue weighted by Gasteiger charge is 2.25. The molecule has 0 bridgehead atoms. The van der Waals surface area contributed by atoms with Crippen molar-refractivity contribution in [3.8, 4) is 0 Å². The molecular formula is C22H21ClF2OSi. The predicted octanol–water partition coefficient (Wildman–Crippen LogP) is 4.32. The average Bonchev–Trinajstić information content (AvgIpc) is 2.70. The molecule has 140 valence electrons. The minimum atomic E-state index is -2.44. The van der Waals surface area contributed by atoms with Gasteiger partial charge >= 0.3 is 0 Å². The summed E-state index contributed by atoms with van der Waals surface area (Å²) in [7, 11) is -2.02. The molecule has 0 saturated heterocycles. The fourth-order valence-corrected chi connectivity index (χ4v) is 5.48. The van der Waals surface area contributed by atoms with Gasteiger partial charge in [-0.2, -0.15) is 0 Å². The molecule has 0 radical (unpaired) electrons. The van der Waals surface area contributed by atoms with E-state index in [-0.39, 0.29) is 13.0 Å². The lowest BCUT2D eigenvalue weighted by Gasteiger charge is -2.22. The van der Waals surface area contributed by atoms with Crippen molar-refractivity contribution in [3.63, 3.8) is 0 Å². The van der Waals surface area contributed by atoms with E-state index in [0.717, 1.165) is 15.9 Å². The van der Waals surface area contributed by atoms with Crippen LogP contribution in [0.15, 0.2) is 84.9 Å². The number of benzene rings is 3. The van der Waals surface area contributed by atoms with E-state index in [2.05, 4.69) is 0 Å². The van der Waals surface area contributed by atoms with Crippen molar-refractivity contribution < 1.29 is 13.2 Å². The highest BCUT2D eigenvalue weighted by atomic mass is 35.5. The van der Waals surface area contributed by atoms with Crippen LogP contribution in [0.2, 0.25) is 5.02 Å². The molecule has 1 atom stereocenters. The van der Waals surface area contributed by atoms with Crippen molar-refractivity contribution in [1.29, 1.82) is 0 Å². The van der Waals surface area contributed by atoms with Gasteiger partial charge in [0.15, 0.2) is 0 Å². The van der Waals surface area contributed by atoms with Gasteiger partial charge in [-0.1, -0.05) is 84.4 Å². The van der Waals surface area contributed by atoms with Crippen LogP contribution in [0.5, 0.6) is 0 Å². The summed E-state index contributed by atoms with van der Waals surface area (Å²) < 4.78 is 33.4. The predicted molar refractivity (Wildman–Crippen MR) is 110 cm³/mol. The lowest BCUT2D eigenvalue weighted by Crippen LogP contribution is -2.46. The van der Waals surface area contributed by atoms with Gasteiger partial charge in [0, 0.05) is 17.5 Å². The van der Waals surface area contributed by atoms with E-state index in [4.69, 9.17) is 16.0 Å². The summed E-state index contributed by atoms with van der Waals surface area (Å²) in [4.78, 5) is 0. The van der Waals surface area contributed by atoms with E-state index in [1.54, 1.807) is 24.3 Å². The summed E-state index contributed by atoms with van der Waals surface area (Å²) in [5.74, 6) is -0.853. The molecule has 0 spiro atoms. The smallest absolute Gasteiger partial charge is 0.243 e.